The molecule has 1 rings (SSSR count). The van der Waals surface area contributed by atoms with E-state index >= 15 is 0 Å². The molecule has 0 aromatic carbocycles. The molecule has 2 nitrogen and oxygen atoms in total. The third-order valence-electron chi connectivity index (χ3n) is 2.51. The largest absolute Gasteiger partial charge is 0.329 e. The van der Waals surface area contributed by atoms with Gasteiger partial charge in [0, 0.05) is 5.70 Å². The predicted octanol–water partition coefficient (Wildman–Crippen LogP) is 2.55. The molecule has 1 N–H and O–H groups in total. The third-order valence-corrected chi connectivity index (χ3v) is 2.51. The lowest BCUT2D eigenvalue weighted by Crippen LogP contribution is -2.28. The van der Waals surface area contributed by atoms with E-state index in [0.717, 1.165) is 11.3 Å². The van der Waals surface area contributed by atoms with Gasteiger partial charge in [-0.1, -0.05) is 24.3 Å². The highest BCUT2D eigenvalue weighted by atomic mass is 16.2. The topological polar surface area (TPSA) is 29.1 Å². The van der Waals surface area contributed by atoms with Crippen molar-refractivity contribution in [3.8, 4) is 0 Å². The van der Waals surface area contributed by atoms with E-state index in [-0.39, 0.29) is 5.91 Å². The lowest BCUT2D eigenvalue weighted by Gasteiger charge is -2.16. The molecule has 0 spiro atoms. The summed E-state index contributed by atoms with van der Waals surface area (Å²) >= 11 is 0. The summed E-state index contributed by atoms with van der Waals surface area (Å²) in [7, 11) is 0. The molecule has 0 aliphatic carbocycles. The highest BCUT2D eigenvalue weighted by Gasteiger charge is 2.37. The van der Waals surface area contributed by atoms with Crippen molar-refractivity contribution in [1.29, 1.82) is 0 Å². The van der Waals surface area contributed by atoms with Crippen molar-refractivity contribution >= 4 is 5.91 Å². The number of carbonyl (C=O) groups is 1. The number of hydrogen-bond acceptors (Lipinski definition) is 1. The fourth-order valence-electron chi connectivity index (χ4n) is 1.58. The van der Waals surface area contributed by atoms with Gasteiger partial charge in [-0.15, -0.1) is 0 Å². The van der Waals surface area contributed by atoms with Gasteiger partial charge in [-0.05, 0) is 33.3 Å². The molecule has 0 saturated heterocycles. The summed E-state index contributed by atoms with van der Waals surface area (Å²) in [6, 6.07) is 0. The van der Waals surface area contributed by atoms with Gasteiger partial charge in [-0.25, -0.2) is 0 Å². The lowest BCUT2D eigenvalue weighted by atomic mass is 9.85. The Morgan fingerprint density at radius 1 is 1.29 bits per heavy atom. The number of carbonyl (C=O) groups excluding carboxylic acids is 1. The molecule has 0 radical (unpaired) electrons. The molecule has 1 aliphatic heterocycles. The van der Waals surface area contributed by atoms with Gasteiger partial charge in [0.1, 0.15) is 0 Å². The number of hydrogen-bond donors (Lipinski definition) is 1. The first-order chi connectivity index (χ1) is 6.50. The average molecular weight is 191 g/mol. The molecule has 0 aromatic heterocycles. The van der Waals surface area contributed by atoms with Crippen molar-refractivity contribution < 1.29 is 4.79 Å². The molecule has 0 fully saturated rings. The van der Waals surface area contributed by atoms with Gasteiger partial charge in [0.2, 0.25) is 5.91 Å². The zero-order chi connectivity index (χ0) is 10.8. The lowest BCUT2D eigenvalue weighted by molar-refractivity contribution is -0.125. The molecule has 1 heterocycles. The Kier molecular flexibility index (Phi) is 2.94. The van der Waals surface area contributed by atoms with Crippen LogP contribution in [0.3, 0.4) is 0 Å². The first-order valence-electron chi connectivity index (χ1n) is 4.82. The maximum atomic E-state index is 11.5. The van der Waals surface area contributed by atoms with Crippen molar-refractivity contribution in [3.63, 3.8) is 0 Å². The predicted molar refractivity (Wildman–Crippen MR) is 58.6 cm³/mol. The zero-order valence-corrected chi connectivity index (χ0v) is 9.22. The van der Waals surface area contributed by atoms with E-state index in [1.807, 2.05) is 52.0 Å². The summed E-state index contributed by atoms with van der Waals surface area (Å²) in [5.74, 6) is 0.0788. The molecule has 0 bridgehead atoms. The molecule has 76 valence electrons. The summed E-state index contributed by atoms with van der Waals surface area (Å²) in [5.41, 5.74) is 1.63. The smallest absolute Gasteiger partial charge is 0.234 e. The summed E-state index contributed by atoms with van der Waals surface area (Å²) < 4.78 is 0. The van der Waals surface area contributed by atoms with E-state index in [2.05, 4.69) is 5.32 Å². The maximum Gasteiger partial charge on any atom is 0.234 e. The van der Waals surface area contributed by atoms with Gasteiger partial charge in [0.15, 0.2) is 0 Å². The van der Waals surface area contributed by atoms with Crippen molar-refractivity contribution in [2.24, 2.45) is 5.41 Å². The van der Waals surface area contributed by atoms with Crippen LogP contribution in [0.5, 0.6) is 0 Å². The minimum atomic E-state index is -0.401. The first-order valence-corrected chi connectivity index (χ1v) is 4.82. The van der Waals surface area contributed by atoms with Gasteiger partial charge >= 0.3 is 0 Å². The maximum absolute atomic E-state index is 11.5. The summed E-state index contributed by atoms with van der Waals surface area (Å²) in [6.45, 7) is 7.78. The molecule has 1 aliphatic rings. The van der Waals surface area contributed by atoms with Gasteiger partial charge in [0.25, 0.3) is 0 Å². The van der Waals surface area contributed by atoms with Crippen LogP contribution >= 0.6 is 0 Å². The van der Waals surface area contributed by atoms with Crippen molar-refractivity contribution in [2.45, 2.75) is 27.7 Å². The van der Waals surface area contributed by atoms with Crippen LogP contribution in [0.25, 0.3) is 0 Å². The SMILES string of the molecule is C/C=C\C=C/C1=C(C)NC(=O)C1(C)C. The van der Waals surface area contributed by atoms with Crippen LogP contribution in [-0.2, 0) is 4.79 Å². The minimum Gasteiger partial charge on any atom is -0.329 e. The van der Waals surface area contributed by atoms with Gasteiger partial charge in [0.05, 0.1) is 5.41 Å². The van der Waals surface area contributed by atoms with E-state index in [1.165, 1.54) is 0 Å². The zero-order valence-electron chi connectivity index (χ0n) is 9.22. The Labute approximate surface area is 85.4 Å². The van der Waals surface area contributed by atoms with E-state index in [9.17, 15) is 4.79 Å². The Bertz CT molecular complexity index is 332. The average Bonchev–Trinajstić information content (AvgIpc) is 2.28. The molecule has 14 heavy (non-hydrogen) atoms. The number of amides is 1. The van der Waals surface area contributed by atoms with Crippen molar-refractivity contribution in [1.82, 2.24) is 5.32 Å². The van der Waals surface area contributed by atoms with E-state index in [1.54, 1.807) is 0 Å². The minimum absolute atomic E-state index is 0.0788. The van der Waals surface area contributed by atoms with Crippen LogP contribution in [0.4, 0.5) is 0 Å². The Hall–Kier alpha value is -1.31. The van der Waals surface area contributed by atoms with Crippen molar-refractivity contribution in [3.05, 3.63) is 35.6 Å². The third kappa shape index (κ3) is 1.79. The summed E-state index contributed by atoms with van der Waals surface area (Å²) in [5, 5.41) is 2.85. The fraction of sp³-hybridized carbons (Fsp3) is 0.417. The van der Waals surface area contributed by atoms with Gasteiger partial charge in [-0.3, -0.25) is 4.79 Å². The fourth-order valence-corrected chi connectivity index (χ4v) is 1.58. The Morgan fingerprint density at radius 3 is 2.36 bits per heavy atom. The molecule has 0 aromatic rings. The first kappa shape index (κ1) is 10.8. The molecule has 0 saturated carbocycles. The molecular weight excluding hydrogens is 174 g/mol. The monoisotopic (exact) mass is 191 g/mol. The molecule has 0 atom stereocenters. The summed E-state index contributed by atoms with van der Waals surface area (Å²) in [6.07, 6.45) is 7.87. The van der Waals surface area contributed by atoms with Crippen LogP contribution in [0.2, 0.25) is 0 Å². The highest BCUT2D eigenvalue weighted by Crippen LogP contribution is 2.34. The number of allylic oxidation sites excluding steroid dienone is 5. The number of nitrogens with one attached hydrogen (secondary N) is 1. The summed E-state index contributed by atoms with van der Waals surface area (Å²) in [4.78, 5) is 11.5. The van der Waals surface area contributed by atoms with Gasteiger partial charge in [-0.2, -0.15) is 0 Å². The van der Waals surface area contributed by atoms with Crippen LogP contribution in [0, 0.1) is 5.41 Å². The van der Waals surface area contributed by atoms with E-state index < -0.39 is 5.41 Å². The second kappa shape index (κ2) is 3.82. The Balaban J connectivity index is 2.96. The number of rotatable bonds is 2. The molecule has 0 unspecified atom stereocenters. The second-order valence-electron chi connectivity index (χ2n) is 4.00. The van der Waals surface area contributed by atoms with Crippen LogP contribution in [0.15, 0.2) is 35.6 Å². The second-order valence-corrected chi connectivity index (χ2v) is 4.00. The van der Waals surface area contributed by atoms with Gasteiger partial charge < -0.3 is 5.32 Å². The van der Waals surface area contributed by atoms with E-state index in [4.69, 9.17) is 0 Å². The Morgan fingerprint density at radius 2 is 1.93 bits per heavy atom. The van der Waals surface area contributed by atoms with Crippen LogP contribution in [-0.4, -0.2) is 5.91 Å². The molecule has 1 amide bonds. The normalized spacial score (nSPS) is 21.3. The molecular formula is C12H17NO. The standard InChI is InChI=1S/C12H17NO/c1-5-6-7-8-10-9(2)13-11(14)12(10,3)4/h5-8H,1-4H3,(H,13,14)/b6-5-,8-7-. The highest BCUT2D eigenvalue weighted by molar-refractivity contribution is 5.91. The van der Waals surface area contributed by atoms with Crippen molar-refractivity contribution in [2.75, 3.05) is 0 Å². The quantitative estimate of drug-likeness (QED) is 0.668. The van der Waals surface area contributed by atoms with Crippen LogP contribution < -0.4 is 5.32 Å². The molecule has 2 heteroatoms. The van der Waals surface area contributed by atoms with Crippen LogP contribution in [0.1, 0.15) is 27.7 Å². The van der Waals surface area contributed by atoms with E-state index in [0.29, 0.717) is 0 Å².